The van der Waals surface area contributed by atoms with Crippen molar-refractivity contribution in [2.45, 2.75) is 26.8 Å². The second-order valence-corrected chi connectivity index (χ2v) is 10.0. The number of rotatable bonds is 11. The monoisotopic (exact) mass is 714 g/mol. The van der Waals surface area contributed by atoms with Gasteiger partial charge in [0.1, 0.15) is 5.75 Å². The van der Waals surface area contributed by atoms with Gasteiger partial charge in [0.05, 0.1) is 46.2 Å². The second-order valence-electron chi connectivity index (χ2n) is 8.03. The topological polar surface area (TPSA) is 137 Å². The Bertz CT molecular complexity index is 1290. The summed E-state index contributed by atoms with van der Waals surface area (Å²) in [6.45, 7) is 5.65. The third kappa shape index (κ3) is 7.85. The zero-order valence-corrected chi connectivity index (χ0v) is 25.5. The first-order valence-corrected chi connectivity index (χ1v) is 13.7. The van der Waals surface area contributed by atoms with Crippen LogP contribution in [0.5, 0.6) is 17.2 Å². The first-order valence-electron chi connectivity index (χ1n) is 11.9. The highest BCUT2D eigenvalue weighted by atomic mass is 127. The molecule has 208 valence electrons. The highest BCUT2D eigenvalue weighted by molar-refractivity contribution is 14.1. The van der Waals surface area contributed by atoms with Crippen molar-refractivity contribution in [3.63, 3.8) is 0 Å². The minimum absolute atomic E-state index is 0.190. The summed E-state index contributed by atoms with van der Waals surface area (Å²) in [6, 6.07) is 7.39. The van der Waals surface area contributed by atoms with Gasteiger partial charge in [0, 0.05) is 5.70 Å². The van der Waals surface area contributed by atoms with Gasteiger partial charge in [-0.25, -0.2) is 15.0 Å². The molecular formula is C26H28BrIN4O7. The van der Waals surface area contributed by atoms with Gasteiger partial charge in [-0.1, -0.05) is 6.07 Å². The van der Waals surface area contributed by atoms with Crippen molar-refractivity contribution in [2.24, 2.45) is 5.10 Å². The summed E-state index contributed by atoms with van der Waals surface area (Å²) >= 11 is 5.65. The Morgan fingerprint density at radius 2 is 1.92 bits per heavy atom. The number of methoxy groups -OCH3 is 1. The summed E-state index contributed by atoms with van der Waals surface area (Å²) in [4.78, 5) is 37.0. The number of hydrogen-bond acceptors (Lipinski definition) is 8. The van der Waals surface area contributed by atoms with Crippen molar-refractivity contribution >= 4 is 62.6 Å². The van der Waals surface area contributed by atoms with Crippen LogP contribution < -0.4 is 30.3 Å². The molecule has 3 amide bonds. The van der Waals surface area contributed by atoms with E-state index >= 15 is 0 Å². The summed E-state index contributed by atoms with van der Waals surface area (Å²) in [5.74, 6) is 0.330. The molecule has 39 heavy (non-hydrogen) atoms. The van der Waals surface area contributed by atoms with Gasteiger partial charge >= 0.3 is 12.0 Å². The van der Waals surface area contributed by atoms with E-state index in [1.807, 2.05) is 19.1 Å². The first kappa shape index (κ1) is 30.2. The van der Waals surface area contributed by atoms with E-state index in [1.54, 1.807) is 32.0 Å². The molecule has 3 N–H and O–H groups in total. The van der Waals surface area contributed by atoms with Crippen molar-refractivity contribution in [2.75, 3.05) is 26.9 Å². The van der Waals surface area contributed by atoms with Gasteiger partial charge in [-0.3, -0.25) is 4.79 Å². The van der Waals surface area contributed by atoms with E-state index in [2.05, 4.69) is 59.7 Å². The average molecular weight is 715 g/mol. The number of halogens is 2. The molecule has 1 heterocycles. The fourth-order valence-corrected chi connectivity index (χ4v) is 5.47. The quantitative estimate of drug-likeness (QED) is 0.138. The molecule has 0 spiro atoms. The van der Waals surface area contributed by atoms with Crippen LogP contribution in [0.1, 0.15) is 37.9 Å². The van der Waals surface area contributed by atoms with E-state index in [0.717, 1.165) is 19.4 Å². The maximum absolute atomic E-state index is 12.6. The van der Waals surface area contributed by atoms with Gasteiger partial charge in [-0.15, -0.1) is 0 Å². The Balaban J connectivity index is 1.67. The Morgan fingerprint density at radius 3 is 2.59 bits per heavy atom. The van der Waals surface area contributed by atoms with Crippen LogP contribution in [0.2, 0.25) is 0 Å². The lowest BCUT2D eigenvalue weighted by Gasteiger charge is -2.28. The number of esters is 1. The largest absolute Gasteiger partial charge is 0.493 e. The zero-order chi connectivity index (χ0) is 28.5. The van der Waals surface area contributed by atoms with Crippen LogP contribution in [0.25, 0.3) is 0 Å². The molecular weight excluding hydrogens is 687 g/mol. The number of ether oxygens (including phenoxy) is 4. The van der Waals surface area contributed by atoms with Crippen molar-refractivity contribution in [3.8, 4) is 17.2 Å². The van der Waals surface area contributed by atoms with Gasteiger partial charge in [0.15, 0.2) is 18.1 Å². The molecule has 0 unspecified atom stereocenters. The minimum atomic E-state index is -0.760. The zero-order valence-electron chi connectivity index (χ0n) is 21.7. The van der Waals surface area contributed by atoms with Gasteiger partial charge in [0.2, 0.25) is 0 Å². The lowest BCUT2D eigenvalue weighted by Crippen LogP contribution is -2.45. The SMILES string of the molecule is CCOC(=O)C1=C(C)NC(=O)N[C@@H]1c1ccc(OCC(=O)N/N=C\c2cc(Br)c(OCC)c(I)c2)c(OC)c1. The molecule has 1 aliphatic rings. The van der Waals surface area contributed by atoms with Crippen LogP contribution in [0, 0.1) is 3.57 Å². The third-order valence-electron chi connectivity index (χ3n) is 5.36. The Morgan fingerprint density at radius 1 is 1.15 bits per heavy atom. The molecule has 0 aliphatic carbocycles. The van der Waals surface area contributed by atoms with E-state index < -0.39 is 23.9 Å². The van der Waals surface area contributed by atoms with E-state index in [1.165, 1.54) is 13.3 Å². The van der Waals surface area contributed by atoms with Gasteiger partial charge in [0.25, 0.3) is 5.91 Å². The number of carbonyl (C=O) groups is 3. The van der Waals surface area contributed by atoms with Crippen molar-refractivity contribution < 1.29 is 33.3 Å². The second kappa shape index (κ2) is 14.2. The predicted octanol–water partition coefficient (Wildman–Crippen LogP) is 4.18. The Hall–Kier alpha value is -3.33. The average Bonchev–Trinajstić information content (AvgIpc) is 2.89. The number of amides is 3. The molecule has 3 rings (SSSR count). The Labute approximate surface area is 247 Å². The van der Waals surface area contributed by atoms with Crippen molar-refractivity contribution in [1.29, 1.82) is 0 Å². The molecule has 2 aromatic rings. The van der Waals surface area contributed by atoms with Gasteiger partial charge in [-0.05, 0) is 94.7 Å². The van der Waals surface area contributed by atoms with Gasteiger partial charge in [-0.2, -0.15) is 5.10 Å². The van der Waals surface area contributed by atoms with Crippen LogP contribution in [-0.2, 0) is 14.3 Å². The number of hydrazone groups is 1. The normalized spacial score (nSPS) is 14.9. The minimum Gasteiger partial charge on any atom is -0.493 e. The number of benzene rings is 2. The third-order valence-corrected chi connectivity index (χ3v) is 6.75. The van der Waals surface area contributed by atoms with Crippen molar-refractivity contribution in [1.82, 2.24) is 16.1 Å². The molecule has 11 nitrogen and oxygen atoms in total. The lowest BCUT2D eigenvalue weighted by atomic mass is 9.95. The number of urea groups is 1. The molecule has 0 bridgehead atoms. The molecule has 0 saturated heterocycles. The van der Waals surface area contributed by atoms with E-state index in [-0.39, 0.29) is 18.8 Å². The molecule has 0 radical (unpaired) electrons. The van der Waals surface area contributed by atoms with E-state index in [0.29, 0.717) is 29.4 Å². The van der Waals surface area contributed by atoms with Gasteiger partial charge < -0.3 is 29.6 Å². The predicted molar refractivity (Wildman–Crippen MR) is 156 cm³/mol. The van der Waals surface area contributed by atoms with E-state index in [9.17, 15) is 14.4 Å². The maximum atomic E-state index is 12.6. The molecule has 0 saturated carbocycles. The summed E-state index contributed by atoms with van der Waals surface area (Å²) < 4.78 is 23.5. The first-order chi connectivity index (χ1) is 18.7. The standard InChI is InChI=1S/C26H28BrIN4O7/c1-5-37-24-17(27)9-15(10-18(24)28)12-29-32-21(33)13-39-19-8-7-16(11-20(19)36-4)23-22(25(34)38-6-2)14(3)30-26(35)31-23/h7-12,23H,5-6,13H2,1-4H3,(H,32,33)(H2,30,31,35)/b29-12-/t23-/m1/s1. The molecule has 13 heteroatoms. The number of hydrogen-bond donors (Lipinski definition) is 3. The summed E-state index contributed by atoms with van der Waals surface area (Å²) in [5.41, 5.74) is 4.43. The molecule has 1 aliphatic heterocycles. The van der Waals surface area contributed by atoms with Crippen LogP contribution in [0.4, 0.5) is 4.79 Å². The number of nitrogens with one attached hydrogen (secondary N) is 3. The summed E-state index contributed by atoms with van der Waals surface area (Å²) in [7, 11) is 1.45. The van der Waals surface area contributed by atoms with E-state index in [4.69, 9.17) is 18.9 Å². The van der Waals surface area contributed by atoms with Crippen LogP contribution in [0.3, 0.4) is 0 Å². The van der Waals surface area contributed by atoms with Crippen LogP contribution >= 0.6 is 38.5 Å². The Kier molecular flexibility index (Phi) is 11.0. The number of allylic oxidation sites excluding steroid dienone is 1. The molecule has 1 atom stereocenters. The van der Waals surface area contributed by atoms with Crippen molar-refractivity contribution in [3.05, 3.63) is 60.8 Å². The summed E-state index contributed by atoms with van der Waals surface area (Å²) in [5, 5.41) is 9.31. The highest BCUT2D eigenvalue weighted by Crippen LogP contribution is 2.35. The maximum Gasteiger partial charge on any atom is 0.338 e. The number of carbonyl (C=O) groups excluding carboxylic acids is 3. The van der Waals surface area contributed by atoms with Crippen LogP contribution in [-0.4, -0.2) is 51.1 Å². The molecule has 0 fully saturated rings. The highest BCUT2D eigenvalue weighted by Gasteiger charge is 2.32. The van der Waals surface area contributed by atoms with Crippen LogP contribution in [0.15, 0.2) is 51.2 Å². The summed E-state index contributed by atoms with van der Waals surface area (Å²) in [6.07, 6.45) is 1.51. The molecule has 2 aromatic carbocycles. The lowest BCUT2D eigenvalue weighted by molar-refractivity contribution is -0.139. The smallest absolute Gasteiger partial charge is 0.338 e. The fourth-order valence-electron chi connectivity index (χ4n) is 3.70. The number of nitrogens with zero attached hydrogens (tertiary/aromatic N) is 1. The fraction of sp³-hybridized carbons (Fsp3) is 0.308. The molecule has 0 aromatic heterocycles.